The maximum atomic E-state index is 13.5. The second kappa shape index (κ2) is 13.5. The van der Waals surface area contributed by atoms with Crippen LogP contribution in [0.1, 0.15) is 32.0 Å². The summed E-state index contributed by atoms with van der Waals surface area (Å²) in [6, 6.07) is 12.6. The Morgan fingerprint density at radius 2 is 1.71 bits per heavy atom. The fourth-order valence-corrected chi connectivity index (χ4v) is 4.88. The number of esters is 1. The molecule has 0 spiro atoms. The van der Waals surface area contributed by atoms with Gasteiger partial charge in [0.2, 0.25) is 0 Å². The summed E-state index contributed by atoms with van der Waals surface area (Å²) in [6.07, 6.45) is -6.82. The number of hydrogen-bond donors (Lipinski definition) is 1. The minimum Gasteiger partial charge on any atom is -0.448 e. The molecule has 2 aromatic carbocycles. The van der Waals surface area contributed by atoms with Crippen LogP contribution in [-0.2, 0) is 35.3 Å². The van der Waals surface area contributed by atoms with E-state index < -0.39 is 40.2 Å². The zero-order valence-electron chi connectivity index (χ0n) is 24.7. The molecule has 45 heavy (non-hydrogen) atoms. The van der Waals surface area contributed by atoms with Gasteiger partial charge in [0, 0.05) is 36.8 Å². The van der Waals surface area contributed by atoms with E-state index in [1.807, 2.05) is 6.92 Å². The van der Waals surface area contributed by atoms with Gasteiger partial charge in [-0.05, 0) is 42.5 Å². The van der Waals surface area contributed by atoms with E-state index in [-0.39, 0.29) is 34.7 Å². The third kappa shape index (κ3) is 8.71. The van der Waals surface area contributed by atoms with Crippen molar-refractivity contribution in [1.29, 1.82) is 0 Å². The van der Waals surface area contributed by atoms with Gasteiger partial charge in [-0.25, -0.2) is 22.6 Å². The molecule has 17 heteroatoms. The molecule has 1 unspecified atom stereocenters. The van der Waals surface area contributed by atoms with Crippen LogP contribution in [0.15, 0.2) is 70.0 Å². The third-order valence-corrected chi connectivity index (χ3v) is 7.78. The lowest BCUT2D eigenvalue weighted by Crippen LogP contribution is -2.46. The van der Waals surface area contributed by atoms with E-state index in [4.69, 9.17) is 14.3 Å². The molecule has 3 aromatic rings. The third-order valence-electron chi connectivity index (χ3n) is 6.46. The number of carbonyl (C=O) groups excluding carboxylic acids is 2. The maximum absolute atomic E-state index is 13.5. The van der Waals surface area contributed by atoms with E-state index in [1.54, 1.807) is 42.8 Å². The highest BCUT2D eigenvalue weighted by molar-refractivity contribution is 7.90. The number of nitrogens with one attached hydrogen (secondary N) is 1. The van der Waals surface area contributed by atoms with Gasteiger partial charge in [-0.1, -0.05) is 43.7 Å². The number of halogens is 3. The molecule has 1 fully saturated rings. The molecule has 0 bridgehead atoms. The minimum absolute atomic E-state index is 0.0990. The summed E-state index contributed by atoms with van der Waals surface area (Å²) in [5, 5.41) is 12.5. The molecular formula is C28H31F3N6O7S. The number of aromatic nitrogens is 2. The average Bonchev–Trinajstić information content (AvgIpc) is 3.40. The summed E-state index contributed by atoms with van der Waals surface area (Å²) in [7, 11) is -4.36. The van der Waals surface area contributed by atoms with Crippen molar-refractivity contribution in [3.8, 4) is 16.9 Å². The number of rotatable bonds is 11. The highest BCUT2D eigenvalue weighted by Crippen LogP contribution is 2.33. The molecule has 1 aromatic heterocycles. The molecule has 4 rings (SSSR count). The number of ether oxygens (including phenoxy) is 2. The molecule has 1 N–H and O–H groups in total. The quantitative estimate of drug-likeness (QED) is 0.130. The van der Waals surface area contributed by atoms with Gasteiger partial charge >= 0.3 is 18.2 Å². The van der Waals surface area contributed by atoms with E-state index in [9.17, 15) is 31.2 Å². The molecule has 1 aliphatic rings. The number of nitrogens with zero attached hydrogens (tertiary/aromatic N) is 5. The average molecular weight is 653 g/mol. The summed E-state index contributed by atoms with van der Waals surface area (Å²) in [6.45, 7) is 7.29. The van der Waals surface area contributed by atoms with Crippen LogP contribution in [0.4, 0.5) is 18.0 Å². The topological polar surface area (TPSA) is 154 Å². The smallest absolute Gasteiger partial charge is 0.435 e. The second-order valence-electron chi connectivity index (χ2n) is 10.6. The van der Waals surface area contributed by atoms with E-state index in [0.29, 0.717) is 18.7 Å². The molecule has 1 atom stereocenters. The van der Waals surface area contributed by atoms with E-state index in [1.165, 1.54) is 24.1 Å². The largest absolute Gasteiger partial charge is 0.448 e. The Hall–Kier alpha value is -4.67. The van der Waals surface area contributed by atoms with Crippen LogP contribution in [0.5, 0.6) is 0 Å². The van der Waals surface area contributed by atoms with Gasteiger partial charge in [0.25, 0.3) is 16.3 Å². The predicted octanol–water partition coefficient (Wildman–Crippen LogP) is 5.06. The van der Waals surface area contributed by atoms with Crippen molar-refractivity contribution in [2.24, 2.45) is 22.3 Å². The van der Waals surface area contributed by atoms with Crippen molar-refractivity contribution in [2.45, 2.75) is 45.1 Å². The first-order valence-electron chi connectivity index (χ1n) is 13.7. The molecule has 1 saturated heterocycles. The van der Waals surface area contributed by atoms with E-state index in [0.717, 1.165) is 28.4 Å². The van der Waals surface area contributed by atoms with Crippen LogP contribution < -0.4 is 4.72 Å². The van der Waals surface area contributed by atoms with Crippen LogP contribution >= 0.6 is 0 Å². The number of amides is 1. The Kier molecular flexibility index (Phi) is 10.00. The molecule has 2 heterocycles. The zero-order chi connectivity index (χ0) is 32.9. The normalized spacial score (nSPS) is 14.7. The summed E-state index contributed by atoms with van der Waals surface area (Å²) in [4.78, 5) is 28.3. The number of benzene rings is 2. The fourth-order valence-electron chi connectivity index (χ4n) is 3.99. The summed E-state index contributed by atoms with van der Waals surface area (Å²) in [5.74, 6) is -0.909. The molecule has 0 aliphatic carbocycles. The number of sulfonamides is 1. The van der Waals surface area contributed by atoms with Crippen LogP contribution in [-0.4, -0.2) is 61.3 Å². The predicted molar refractivity (Wildman–Crippen MR) is 152 cm³/mol. The van der Waals surface area contributed by atoms with Crippen LogP contribution in [0, 0.1) is 18.8 Å². The van der Waals surface area contributed by atoms with E-state index >= 15 is 0 Å². The van der Waals surface area contributed by atoms with Gasteiger partial charge < -0.3 is 14.3 Å². The van der Waals surface area contributed by atoms with Crippen molar-refractivity contribution in [3.63, 3.8) is 0 Å². The Bertz CT molecular complexity index is 1640. The molecule has 0 radical (unpaired) electrons. The van der Waals surface area contributed by atoms with Gasteiger partial charge in [0.05, 0.1) is 28.8 Å². The summed E-state index contributed by atoms with van der Waals surface area (Å²) >= 11 is 0. The van der Waals surface area contributed by atoms with Gasteiger partial charge in [-0.15, -0.1) is 0 Å². The SMILES string of the molecule is Cc1ccc(-c2cc(C(F)(F)F)nn2-c2ccc(S(=O)(=O)NC(=O)OCC3CN(/N=N\OC(C)OC(=O)C(C)C)C3)cc2)cc1. The van der Waals surface area contributed by atoms with Gasteiger partial charge in [-0.3, -0.25) is 9.80 Å². The molecule has 1 aliphatic heterocycles. The van der Waals surface area contributed by atoms with Crippen LogP contribution in [0.2, 0.25) is 0 Å². The van der Waals surface area contributed by atoms with Crippen molar-refractivity contribution < 1.29 is 45.5 Å². The first kappa shape index (κ1) is 33.2. The number of carbonyl (C=O) groups is 2. The first-order valence-corrected chi connectivity index (χ1v) is 15.2. The molecule has 0 saturated carbocycles. The van der Waals surface area contributed by atoms with Gasteiger partial charge in [0.1, 0.15) is 0 Å². The Morgan fingerprint density at radius 3 is 2.31 bits per heavy atom. The number of alkyl halides is 3. The fraction of sp³-hybridized carbons (Fsp3) is 0.393. The number of aryl methyl sites for hydroxylation is 1. The monoisotopic (exact) mass is 652 g/mol. The molecular weight excluding hydrogens is 621 g/mol. The highest BCUT2D eigenvalue weighted by Gasteiger charge is 2.35. The second-order valence-corrected chi connectivity index (χ2v) is 12.2. The van der Waals surface area contributed by atoms with Crippen molar-refractivity contribution in [2.75, 3.05) is 19.7 Å². The van der Waals surface area contributed by atoms with Crippen molar-refractivity contribution in [3.05, 3.63) is 65.9 Å². The van der Waals surface area contributed by atoms with Crippen molar-refractivity contribution in [1.82, 2.24) is 19.5 Å². The number of hydrogen-bond acceptors (Lipinski definition) is 10. The Labute approximate surface area is 256 Å². The highest BCUT2D eigenvalue weighted by atomic mass is 32.2. The van der Waals surface area contributed by atoms with Gasteiger partial charge in [-0.2, -0.15) is 18.3 Å². The Morgan fingerprint density at radius 1 is 1.07 bits per heavy atom. The molecule has 1 amide bonds. The Balaban J connectivity index is 1.30. The van der Waals surface area contributed by atoms with Gasteiger partial charge in [0.15, 0.2) is 5.69 Å². The minimum atomic E-state index is -4.70. The maximum Gasteiger partial charge on any atom is 0.435 e. The lowest BCUT2D eigenvalue weighted by molar-refractivity contribution is -0.181. The molecule has 13 nitrogen and oxygen atoms in total. The van der Waals surface area contributed by atoms with Crippen molar-refractivity contribution >= 4 is 22.1 Å². The molecule has 242 valence electrons. The van der Waals surface area contributed by atoms with Crippen LogP contribution in [0.3, 0.4) is 0 Å². The summed E-state index contributed by atoms with van der Waals surface area (Å²) in [5.41, 5.74) is 0.622. The van der Waals surface area contributed by atoms with Crippen LogP contribution in [0.25, 0.3) is 16.9 Å². The summed E-state index contributed by atoms with van der Waals surface area (Å²) < 4.78 is 78.8. The first-order chi connectivity index (χ1) is 21.1. The lowest BCUT2D eigenvalue weighted by Gasteiger charge is -2.34. The van der Waals surface area contributed by atoms with E-state index in [2.05, 4.69) is 15.6 Å². The zero-order valence-corrected chi connectivity index (χ0v) is 25.5. The standard InChI is InChI=1S/C28H31F3N6O7S/c1-17(2)26(38)43-19(4)44-35-34-36-14-20(15-36)16-42-27(39)33-45(40,41)23-11-9-22(10-12-23)37-24(13-25(32-37)28(29,30)31)21-7-5-18(3)6-8-21/h5-13,17,19-20H,14-16H2,1-4H3,(H,33,39)/b35-34-. The lowest BCUT2D eigenvalue weighted by atomic mass is 10.0.